The van der Waals surface area contributed by atoms with Gasteiger partial charge in [0.2, 0.25) is 5.91 Å². The van der Waals surface area contributed by atoms with Crippen LogP contribution in [-0.4, -0.2) is 24.0 Å². The number of H-pyrrole nitrogens is 1. The van der Waals surface area contributed by atoms with Crippen LogP contribution in [0.15, 0.2) is 54.7 Å². The number of para-hydroxylation sites is 1. The molecule has 0 aliphatic rings. The van der Waals surface area contributed by atoms with Crippen LogP contribution < -0.4 is 5.32 Å². The first-order valence-corrected chi connectivity index (χ1v) is 7.70. The maximum absolute atomic E-state index is 12.1. The number of anilines is 1. The van der Waals surface area contributed by atoms with Crippen LogP contribution in [0.25, 0.3) is 10.9 Å². The van der Waals surface area contributed by atoms with Crippen LogP contribution in [0, 0.1) is 0 Å². The maximum atomic E-state index is 12.1. The normalized spacial score (nSPS) is 10.5. The number of nitrogens with one attached hydrogen (secondary N) is 2. The standard InChI is InChI=1S/C19H18N2O3/c1-24-19(23)13-6-9-15(10-7-13)21-18(22)11-8-14-12-20-17-5-3-2-4-16(14)17/h2-7,9-10,12,20H,8,11H2,1H3,(H,21,22). The van der Waals surface area contributed by atoms with Crippen LogP contribution in [0.2, 0.25) is 0 Å². The smallest absolute Gasteiger partial charge is 0.337 e. The third kappa shape index (κ3) is 3.46. The lowest BCUT2D eigenvalue weighted by Crippen LogP contribution is -2.12. The molecule has 2 N–H and O–H groups in total. The van der Waals surface area contributed by atoms with E-state index in [1.165, 1.54) is 7.11 Å². The number of aryl methyl sites for hydroxylation is 1. The lowest BCUT2D eigenvalue weighted by Gasteiger charge is -2.06. The molecular formula is C19H18N2O3. The summed E-state index contributed by atoms with van der Waals surface area (Å²) in [4.78, 5) is 26.7. The van der Waals surface area contributed by atoms with E-state index in [1.54, 1.807) is 24.3 Å². The highest BCUT2D eigenvalue weighted by molar-refractivity contribution is 5.93. The van der Waals surface area contributed by atoms with Gasteiger partial charge in [-0.3, -0.25) is 4.79 Å². The average Bonchev–Trinajstić information content (AvgIpc) is 3.03. The SMILES string of the molecule is COC(=O)c1ccc(NC(=O)CCc2c[nH]c3ccccc23)cc1. The van der Waals surface area contributed by atoms with E-state index in [-0.39, 0.29) is 5.91 Å². The zero-order valence-corrected chi connectivity index (χ0v) is 13.3. The molecule has 0 saturated heterocycles. The summed E-state index contributed by atoms with van der Waals surface area (Å²) in [5.74, 6) is -0.460. The van der Waals surface area contributed by atoms with Crippen molar-refractivity contribution in [3.63, 3.8) is 0 Å². The number of carbonyl (C=O) groups is 2. The molecule has 0 saturated carbocycles. The molecule has 5 heteroatoms. The van der Waals surface area contributed by atoms with E-state index in [9.17, 15) is 9.59 Å². The Bertz CT molecular complexity index is 866. The lowest BCUT2D eigenvalue weighted by atomic mass is 10.1. The molecule has 0 unspecified atom stereocenters. The van der Waals surface area contributed by atoms with Crippen LogP contribution >= 0.6 is 0 Å². The molecule has 0 bridgehead atoms. The van der Waals surface area contributed by atoms with Crippen LogP contribution in [0.4, 0.5) is 5.69 Å². The number of benzene rings is 2. The first kappa shape index (κ1) is 15.8. The van der Waals surface area contributed by atoms with Gasteiger partial charge in [-0.1, -0.05) is 18.2 Å². The van der Waals surface area contributed by atoms with Gasteiger partial charge in [0.05, 0.1) is 12.7 Å². The summed E-state index contributed by atoms with van der Waals surface area (Å²) in [7, 11) is 1.34. The van der Waals surface area contributed by atoms with E-state index < -0.39 is 5.97 Å². The Kier molecular flexibility index (Phi) is 4.61. The quantitative estimate of drug-likeness (QED) is 0.706. The fourth-order valence-corrected chi connectivity index (χ4v) is 2.62. The number of hydrogen-bond donors (Lipinski definition) is 2. The minimum Gasteiger partial charge on any atom is -0.465 e. The van der Waals surface area contributed by atoms with Crippen LogP contribution in [-0.2, 0) is 16.0 Å². The molecule has 1 aromatic heterocycles. The monoisotopic (exact) mass is 322 g/mol. The van der Waals surface area contributed by atoms with Crippen molar-refractivity contribution in [2.24, 2.45) is 0 Å². The number of aromatic nitrogens is 1. The van der Waals surface area contributed by atoms with Gasteiger partial charge >= 0.3 is 5.97 Å². The Labute approximate surface area is 139 Å². The highest BCUT2D eigenvalue weighted by atomic mass is 16.5. The predicted octanol–water partition coefficient (Wildman–Crippen LogP) is 3.53. The summed E-state index contributed by atoms with van der Waals surface area (Å²) in [6.45, 7) is 0. The molecular weight excluding hydrogens is 304 g/mol. The molecule has 24 heavy (non-hydrogen) atoms. The zero-order chi connectivity index (χ0) is 16.9. The zero-order valence-electron chi connectivity index (χ0n) is 13.3. The molecule has 3 aromatic rings. The molecule has 0 aliphatic heterocycles. The fourth-order valence-electron chi connectivity index (χ4n) is 2.62. The van der Waals surface area contributed by atoms with Gasteiger partial charge in [0.25, 0.3) is 0 Å². The minimum absolute atomic E-state index is 0.0638. The van der Waals surface area contributed by atoms with Gasteiger partial charge in [0, 0.05) is 29.2 Å². The highest BCUT2D eigenvalue weighted by Gasteiger charge is 2.08. The highest BCUT2D eigenvalue weighted by Crippen LogP contribution is 2.19. The van der Waals surface area contributed by atoms with E-state index in [1.807, 2.05) is 30.5 Å². The Morgan fingerprint density at radius 1 is 1.08 bits per heavy atom. The second-order valence-corrected chi connectivity index (χ2v) is 5.48. The van der Waals surface area contributed by atoms with Crippen molar-refractivity contribution in [1.82, 2.24) is 4.98 Å². The van der Waals surface area contributed by atoms with Gasteiger partial charge in [-0.15, -0.1) is 0 Å². The molecule has 1 amide bonds. The molecule has 122 valence electrons. The first-order valence-electron chi connectivity index (χ1n) is 7.70. The molecule has 0 fully saturated rings. The van der Waals surface area contributed by atoms with Crippen molar-refractivity contribution in [2.45, 2.75) is 12.8 Å². The Hall–Kier alpha value is -3.08. The largest absolute Gasteiger partial charge is 0.465 e. The van der Waals surface area contributed by atoms with E-state index in [0.717, 1.165) is 16.5 Å². The van der Waals surface area contributed by atoms with E-state index in [2.05, 4.69) is 15.0 Å². The molecule has 0 atom stereocenters. The number of rotatable bonds is 5. The number of carbonyl (C=O) groups excluding carboxylic acids is 2. The van der Waals surface area contributed by atoms with Crippen LogP contribution in [0.3, 0.4) is 0 Å². The van der Waals surface area contributed by atoms with Crippen molar-refractivity contribution < 1.29 is 14.3 Å². The molecule has 0 spiro atoms. The van der Waals surface area contributed by atoms with E-state index >= 15 is 0 Å². The Balaban J connectivity index is 1.58. The molecule has 2 aromatic carbocycles. The minimum atomic E-state index is -0.396. The lowest BCUT2D eigenvalue weighted by molar-refractivity contribution is -0.116. The maximum Gasteiger partial charge on any atom is 0.337 e. The summed E-state index contributed by atoms with van der Waals surface area (Å²) in [5, 5.41) is 3.98. The number of fused-ring (bicyclic) bond motifs is 1. The number of esters is 1. The first-order chi connectivity index (χ1) is 11.7. The second-order valence-electron chi connectivity index (χ2n) is 5.48. The van der Waals surface area contributed by atoms with E-state index in [4.69, 9.17) is 0 Å². The molecule has 0 aliphatic carbocycles. The van der Waals surface area contributed by atoms with Crippen LogP contribution in [0.5, 0.6) is 0 Å². The molecule has 1 heterocycles. The van der Waals surface area contributed by atoms with Crippen molar-refractivity contribution in [3.8, 4) is 0 Å². The molecule has 3 rings (SSSR count). The van der Waals surface area contributed by atoms with Crippen molar-refractivity contribution in [1.29, 1.82) is 0 Å². The van der Waals surface area contributed by atoms with Gasteiger partial charge < -0.3 is 15.0 Å². The fraction of sp³-hybridized carbons (Fsp3) is 0.158. The summed E-state index contributed by atoms with van der Waals surface area (Å²) >= 11 is 0. The molecule has 5 nitrogen and oxygen atoms in total. The Morgan fingerprint density at radius 3 is 2.58 bits per heavy atom. The van der Waals surface area contributed by atoms with Gasteiger partial charge in [-0.05, 0) is 42.3 Å². The number of hydrogen-bond acceptors (Lipinski definition) is 3. The second kappa shape index (κ2) is 7.00. The third-order valence-corrected chi connectivity index (χ3v) is 3.89. The van der Waals surface area contributed by atoms with Crippen molar-refractivity contribution in [3.05, 3.63) is 65.9 Å². The summed E-state index contributed by atoms with van der Waals surface area (Å²) in [6.07, 6.45) is 3.00. The summed E-state index contributed by atoms with van der Waals surface area (Å²) in [5.41, 5.74) is 3.31. The van der Waals surface area contributed by atoms with Crippen molar-refractivity contribution >= 4 is 28.5 Å². The Morgan fingerprint density at radius 2 is 1.83 bits per heavy atom. The van der Waals surface area contributed by atoms with E-state index in [0.29, 0.717) is 24.1 Å². The predicted molar refractivity (Wildman–Crippen MR) is 93.0 cm³/mol. The van der Waals surface area contributed by atoms with Gasteiger partial charge in [0.15, 0.2) is 0 Å². The number of amides is 1. The van der Waals surface area contributed by atoms with Gasteiger partial charge in [0.1, 0.15) is 0 Å². The number of ether oxygens (including phenoxy) is 1. The summed E-state index contributed by atoms with van der Waals surface area (Å²) < 4.78 is 4.64. The topological polar surface area (TPSA) is 71.2 Å². The van der Waals surface area contributed by atoms with Gasteiger partial charge in [-0.25, -0.2) is 4.79 Å². The summed E-state index contributed by atoms with van der Waals surface area (Å²) in [6, 6.07) is 14.7. The van der Waals surface area contributed by atoms with Crippen LogP contribution in [0.1, 0.15) is 22.3 Å². The van der Waals surface area contributed by atoms with Gasteiger partial charge in [-0.2, -0.15) is 0 Å². The average molecular weight is 322 g/mol. The molecule has 0 radical (unpaired) electrons. The number of methoxy groups -OCH3 is 1. The van der Waals surface area contributed by atoms with Crippen molar-refractivity contribution in [2.75, 3.05) is 12.4 Å². The third-order valence-electron chi connectivity index (χ3n) is 3.89. The number of aromatic amines is 1.